The third kappa shape index (κ3) is 3.58. The number of amides is 1. The molecule has 1 aromatic heterocycles. The number of benzene rings is 1. The van der Waals surface area contributed by atoms with Crippen molar-refractivity contribution >= 4 is 38.6 Å². The Kier molecular flexibility index (Phi) is 5.25. The van der Waals surface area contributed by atoms with Crippen molar-refractivity contribution < 1.29 is 19.4 Å². The van der Waals surface area contributed by atoms with Gasteiger partial charge in [0.25, 0.3) is 0 Å². The molecule has 0 spiro atoms. The van der Waals surface area contributed by atoms with Crippen LogP contribution >= 0.6 is 11.3 Å². The number of hydrogen-bond donors (Lipinski definition) is 1. The van der Waals surface area contributed by atoms with E-state index in [1.807, 2.05) is 18.2 Å². The number of thiazole rings is 1. The number of ether oxygens (including phenoxy) is 1. The number of carbonyl (C=O) groups is 2. The molecule has 2 unspecified atom stereocenters. The summed E-state index contributed by atoms with van der Waals surface area (Å²) < 4.78 is 6.61. The van der Waals surface area contributed by atoms with Crippen LogP contribution in [0.15, 0.2) is 18.2 Å². The van der Waals surface area contributed by atoms with Gasteiger partial charge in [0.1, 0.15) is 0 Å². The minimum atomic E-state index is -1.39. The highest BCUT2D eigenvalue weighted by Gasteiger charge is 2.34. The van der Waals surface area contributed by atoms with Crippen molar-refractivity contribution in [2.24, 2.45) is 5.92 Å². The van der Waals surface area contributed by atoms with Gasteiger partial charge >= 0.3 is 11.9 Å². The Morgan fingerprint density at radius 1 is 1.29 bits per heavy atom. The third-order valence-corrected chi connectivity index (χ3v) is 6.73. The number of anilines is 1. The first kappa shape index (κ1) is 19.1. The molecular weight excluding hydrogens is 378 g/mol. The van der Waals surface area contributed by atoms with Gasteiger partial charge in [-0.3, -0.25) is 4.79 Å². The van der Waals surface area contributed by atoms with Gasteiger partial charge in [0.2, 0.25) is 0 Å². The average molecular weight is 404 g/mol. The molecule has 0 aliphatic carbocycles. The molecule has 0 bridgehead atoms. The van der Waals surface area contributed by atoms with E-state index in [0.29, 0.717) is 25.7 Å². The Balaban J connectivity index is 1.64. The van der Waals surface area contributed by atoms with Crippen molar-refractivity contribution in [3.05, 3.63) is 23.8 Å². The number of carboxylic acid groups (broad SMARTS) is 1. The number of aliphatic carboxylic acids is 1. The molecule has 150 valence electrons. The zero-order valence-corrected chi connectivity index (χ0v) is 16.9. The maximum Gasteiger partial charge on any atom is 0.394 e. The summed E-state index contributed by atoms with van der Waals surface area (Å²) >= 11 is 1.66. The highest BCUT2D eigenvalue weighted by molar-refractivity contribution is 7.22. The molecule has 3 heterocycles. The fourth-order valence-electron chi connectivity index (χ4n) is 4.12. The van der Waals surface area contributed by atoms with Crippen LogP contribution < -0.4 is 4.90 Å². The maximum absolute atomic E-state index is 12.2. The predicted octanol–water partition coefficient (Wildman–Crippen LogP) is 2.91. The average Bonchev–Trinajstić information content (AvgIpc) is 3.10. The summed E-state index contributed by atoms with van der Waals surface area (Å²) in [5.41, 5.74) is 1.86. The van der Waals surface area contributed by atoms with Crippen molar-refractivity contribution in [2.75, 3.05) is 31.2 Å². The van der Waals surface area contributed by atoms with Gasteiger partial charge in [-0.05, 0) is 43.4 Å². The van der Waals surface area contributed by atoms with E-state index in [1.165, 1.54) is 4.90 Å². The molecule has 1 N–H and O–H groups in total. The van der Waals surface area contributed by atoms with E-state index in [-0.39, 0.29) is 12.1 Å². The van der Waals surface area contributed by atoms with Gasteiger partial charge in [0, 0.05) is 13.1 Å². The number of piperidine rings is 1. The van der Waals surface area contributed by atoms with Gasteiger partial charge in [0.05, 0.1) is 35.5 Å². The molecule has 2 saturated heterocycles. The lowest BCUT2D eigenvalue weighted by Crippen LogP contribution is -2.44. The Bertz CT molecular complexity index is 899. The summed E-state index contributed by atoms with van der Waals surface area (Å²) in [5, 5.41) is 10.2. The molecule has 1 aromatic carbocycles. The van der Waals surface area contributed by atoms with Crippen molar-refractivity contribution in [3.63, 3.8) is 0 Å². The van der Waals surface area contributed by atoms with E-state index in [9.17, 15) is 14.7 Å². The summed E-state index contributed by atoms with van der Waals surface area (Å²) in [6, 6.07) is 6.14. The van der Waals surface area contributed by atoms with E-state index in [2.05, 4.69) is 18.7 Å². The fourth-order valence-corrected chi connectivity index (χ4v) is 5.19. The van der Waals surface area contributed by atoms with Crippen LogP contribution in [0.1, 0.15) is 38.3 Å². The zero-order chi connectivity index (χ0) is 19.8. The lowest BCUT2D eigenvalue weighted by molar-refractivity contribution is -0.158. The smallest absolute Gasteiger partial charge is 0.394 e. The van der Waals surface area contributed by atoms with Crippen LogP contribution in [0.4, 0.5) is 5.13 Å². The second kappa shape index (κ2) is 7.67. The minimum absolute atomic E-state index is 0.211. The van der Waals surface area contributed by atoms with E-state index in [0.717, 1.165) is 40.3 Å². The first-order chi connectivity index (χ1) is 13.4. The summed E-state index contributed by atoms with van der Waals surface area (Å²) in [6.45, 7) is 6.90. The topological polar surface area (TPSA) is 83.0 Å². The van der Waals surface area contributed by atoms with Gasteiger partial charge in [0.15, 0.2) is 5.13 Å². The summed E-state index contributed by atoms with van der Waals surface area (Å²) in [6.07, 6.45) is 1.74. The van der Waals surface area contributed by atoms with Gasteiger partial charge in [-0.25, -0.2) is 9.78 Å². The number of rotatable bonds is 2. The van der Waals surface area contributed by atoms with E-state index in [1.54, 1.807) is 11.3 Å². The molecule has 28 heavy (non-hydrogen) atoms. The second-order valence-electron chi connectivity index (χ2n) is 7.80. The standard InChI is InChI=1S/C20H25N3O4S/c1-12-3-5-16(23(10-12)18(24)19(25)26)14-4-6-17-15(9-14)21-20(28-17)22-7-8-27-11-13(22)2/h4,6,9,12-13,16H,3,5,7-8,10-11H2,1-2H3,(H,25,26)/t12?,13-,16?/m0/s1. The minimum Gasteiger partial charge on any atom is -0.474 e. The first-order valence-corrected chi connectivity index (χ1v) is 10.5. The van der Waals surface area contributed by atoms with Crippen LogP contribution in [0.5, 0.6) is 0 Å². The van der Waals surface area contributed by atoms with E-state index < -0.39 is 11.9 Å². The number of carboxylic acids is 1. The van der Waals surface area contributed by atoms with Crippen LogP contribution in [0.2, 0.25) is 0 Å². The highest BCUT2D eigenvalue weighted by Crippen LogP contribution is 2.37. The molecule has 2 aliphatic heterocycles. The number of likely N-dealkylation sites (tertiary alicyclic amines) is 1. The molecule has 4 rings (SSSR count). The lowest BCUT2D eigenvalue weighted by atomic mass is 9.89. The summed E-state index contributed by atoms with van der Waals surface area (Å²) in [7, 11) is 0. The largest absolute Gasteiger partial charge is 0.474 e. The number of fused-ring (bicyclic) bond motifs is 1. The van der Waals surface area contributed by atoms with Crippen LogP contribution in [0.3, 0.4) is 0 Å². The molecule has 2 aliphatic rings. The van der Waals surface area contributed by atoms with E-state index >= 15 is 0 Å². The second-order valence-corrected chi connectivity index (χ2v) is 8.81. The predicted molar refractivity (Wildman–Crippen MR) is 108 cm³/mol. The van der Waals surface area contributed by atoms with Crippen molar-refractivity contribution in [1.29, 1.82) is 0 Å². The summed E-state index contributed by atoms with van der Waals surface area (Å²) in [5.74, 6) is -1.91. The van der Waals surface area contributed by atoms with E-state index in [4.69, 9.17) is 9.72 Å². The molecule has 2 aromatic rings. The third-order valence-electron chi connectivity index (χ3n) is 5.66. The lowest BCUT2D eigenvalue weighted by Gasteiger charge is -2.38. The number of aromatic nitrogens is 1. The molecule has 7 nitrogen and oxygen atoms in total. The zero-order valence-electron chi connectivity index (χ0n) is 16.1. The Morgan fingerprint density at radius 3 is 2.86 bits per heavy atom. The Labute approximate surface area is 167 Å². The number of nitrogens with zero attached hydrogens (tertiary/aromatic N) is 3. The molecule has 1 amide bonds. The number of morpholine rings is 1. The molecule has 0 saturated carbocycles. The maximum atomic E-state index is 12.2. The molecular formula is C20H25N3O4S. The van der Waals surface area contributed by atoms with Gasteiger partial charge in [-0.15, -0.1) is 0 Å². The van der Waals surface area contributed by atoms with Crippen molar-refractivity contribution in [1.82, 2.24) is 9.88 Å². The highest BCUT2D eigenvalue weighted by atomic mass is 32.1. The first-order valence-electron chi connectivity index (χ1n) is 9.73. The van der Waals surface area contributed by atoms with Gasteiger partial charge in [-0.1, -0.05) is 24.3 Å². The Hall–Kier alpha value is -2.19. The van der Waals surface area contributed by atoms with Crippen molar-refractivity contribution in [3.8, 4) is 0 Å². The van der Waals surface area contributed by atoms with Crippen LogP contribution in [-0.2, 0) is 14.3 Å². The number of hydrogen-bond acceptors (Lipinski definition) is 6. The molecule has 0 radical (unpaired) electrons. The van der Waals surface area contributed by atoms with Gasteiger partial charge in [-0.2, -0.15) is 0 Å². The van der Waals surface area contributed by atoms with Crippen molar-refractivity contribution in [2.45, 2.75) is 38.8 Å². The normalized spacial score (nSPS) is 25.9. The van der Waals surface area contributed by atoms with Gasteiger partial charge < -0.3 is 19.6 Å². The summed E-state index contributed by atoms with van der Waals surface area (Å²) in [4.78, 5) is 32.1. The SMILES string of the molecule is CC1CCC(c2ccc3sc(N4CCOC[C@@H]4C)nc3c2)N(C(=O)C(=O)O)C1. The Morgan fingerprint density at radius 2 is 2.11 bits per heavy atom. The molecule has 8 heteroatoms. The molecule has 2 fully saturated rings. The fraction of sp³-hybridized carbons (Fsp3) is 0.550. The quantitative estimate of drug-likeness (QED) is 0.777. The molecule has 3 atom stereocenters. The van der Waals surface area contributed by atoms with Crippen LogP contribution in [0.25, 0.3) is 10.2 Å². The van der Waals surface area contributed by atoms with Crippen LogP contribution in [-0.4, -0.2) is 59.2 Å². The number of carbonyl (C=O) groups excluding carboxylic acids is 1. The monoisotopic (exact) mass is 403 g/mol. The van der Waals surface area contributed by atoms with Crippen LogP contribution in [0, 0.1) is 5.92 Å².